The predicted octanol–water partition coefficient (Wildman–Crippen LogP) is 3.84. The van der Waals surface area contributed by atoms with Crippen molar-refractivity contribution in [3.8, 4) is 11.5 Å². The van der Waals surface area contributed by atoms with Gasteiger partial charge in [0, 0.05) is 12.8 Å². The van der Waals surface area contributed by atoms with Crippen molar-refractivity contribution in [3.63, 3.8) is 0 Å². The second kappa shape index (κ2) is 7.88. The summed E-state index contributed by atoms with van der Waals surface area (Å²) in [5.41, 5.74) is 3.10. The molecule has 0 aromatic heterocycles. The maximum absolute atomic E-state index is 9.76. The molecular weight excluding hydrogens is 314 g/mol. The average molecular weight is 334 g/mol. The van der Waals surface area contributed by atoms with Crippen molar-refractivity contribution in [1.29, 1.82) is 0 Å². The van der Waals surface area contributed by atoms with Gasteiger partial charge in [-0.15, -0.1) is 12.4 Å². The van der Waals surface area contributed by atoms with Gasteiger partial charge in [-0.3, -0.25) is 0 Å². The number of aromatic hydroxyl groups is 2. The van der Waals surface area contributed by atoms with E-state index in [4.69, 9.17) is 4.84 Å². The molecule has 0 saturated carbocycles. The summed E-state index contributed by atoms with van der Waals surface area (Å²) in [4.78, 5) is 5.48. The Bertz CT molecular complexity index is 670. The van der Waals surface area contributed by atoms with E-state index in [0.717, 1.165) is 42.5 Å². The highest BCUT2D eigenvalue weighted by atomic mass is 35.5. The molecule has 3 rings (SSSR count). The normalized spacial score (nSPS) is 16.3. The summed E-state index contributed by atoms with van der Waals surface area (Å²) >= 11 is 0. The van der Waals surface area contributed by atoms with Crippen LogP contribution in [0.2, 0.25) is 0 Å². The van der Waals surface area contributed by atoms with Crippen LogP contribution in [0.1, 0.15) is 24.0 Å². The molecule has 1 atom stereocenters. The lowest BCUT2D eigenvalue weighted by Crippen LogP contribution is -2.11. The average Bonchev–Trinajstić information content (AvgIpc) is 2.96. The fraction of sp³-hybridized carbons (Fsp3) is 0.278. The van der Waals surface area contributed by atoms with Crippen molar-refractivity contribution in [2.75, 3.05) is 0 Å². The van der Waals surface area contributed by atoms with E-state index in [0.29, 0.717) is 5.75 Å². The Balaban J connectivity index is 0.00000192. The van der Waals surface area contributed by atoms with E-state index in [1.165, 1.54) is 0 Å². The summed E-state index contributed by atoms with van der Waals surface area (Å²) in [6.45, 7) is 0. The minimum Gasteiger partial charge on any atom is -0.508 e. The number of halogens is 1. The molecule has 0 amide bonds. The molecule has 1 aliphatic rings. The van der Waals surface area contributed by atoms with Gasteiger partial charge in [-0.25, -0.2) is 0 Å². The Morgan fingerprint density at radius 3 is 2.48 bits per heavy atom. The maximum Gasteiger partial charge on any atom is 0.136 e. The minimum absolute atomic E-state index is 0. The topological polar surface area (TPSA) is 62.0 Å². The number of para-hydroxylation sites is 1. The first-order valence-corrected chi connectivity index (χ1v) is 7.47. The van der Waals surface area contributed by atoms with Gasteiger partial charge >= 0.3 is 0 Å². The lowest BCUT2D eigenvalue weighted by Gasteiger charge is -2.08. The SMILES string of the molecule is Cl.Oc1ccc(CC2CC(CCc3ccccc3O)=NO2)cc1. The van der Waals surface area contributed by atoms with Crippen LogP contribution >= 0.6 is 12.4 Å². The third-order valence-corrected chi connectivity index (χ3v) is 3.87. The highest BCUT2D eigenvalue weighted by Gasteiger charge is 2.21. The first-order valence-electron chi connectivity index (χ1n) is 7.47. The molecule has 0 spiro atoms. The maximum atomic E-state index is 9.76. The monoisotopic (exact) mass is 333 g/mol. The molecule has 2 aromatic carbocycles. The number of nitrogens with zero attached hydrogens (tertiary/aromatic N) is 1. The van der Waals surface area contributed by atoms with Gasteiger partial charge in [-0.2, -0.15) is 0 Å². The van der Waals surface area contributed by atoms with Crippen molar-refractivity contribution < 1.29 is 15.1 Å². The molecule has 1 unspecified atom stereocenters. The summed E-state index contributed by atoms with van der Waals surface area (Å²) in [7, 11) is 0. The van der Waals surface area contributed by atoms with Crippen LogP contribution in [0.5, 0.6) is 11.5 Å². The van der Waals surface area contributed by atoms with E-state index in [-0.39, 0.29) is 24.3 Å². The van der Waals surface area contributed by atoms with E-state index in [2.05, 4.69) is 5.16 Å². The molecule has 5 heteroatoms. The van der Waals surface area contributed by atoms with E-state index in [1.54, 1.807) is 18.2 Å². The zero-order valence-electron chi connectivity index (χ0n) is 12.7. The van der Waals surface area contributed by atoms with Crippen LogP contribution in [-0.2, 0) is 17.7 Å². The van der Waals surface area contributed by atoms with Crippen LogP contribution in [0.25, 0.3) is 0 Å². The van der Waals surface area contributed by atoms with Gasteiger partial charge in [-0.05, 0) is 42.2 Å². The second-order valence-corrected chi connectivity index (χ2v) is 5.59. The quantitative estimate of drug-likeness (QED) is 0.873. The summed E-state index contributed by atoms with van der Waals surface area (Å²) in [6, 6.07) is 14.6. The van der Waals surface area contributed by atoms with Gasteiger partial charge in [0.25, 0.3) is 0 Å². The summed E-state index contributed by atoms with van der Waals surface area (Å²) in [5.74, 6) is 0.610. The minimum atomic E-state index is 0. The number of rotatable bonds is 5. The molecule has 0 fully saturated rings. The lowest BCUT2D eigenvalue weighted by molar-refractivity contribution is 0.0859. The Morgan fingerprint density at radius 1 is 1.00 bits per heavy atom. The van der Waals surface area contributed by atoms with Crippen LogP contribution < -0.4 is 0 Å². The van der Waals surface area contributed by atoms with Crippen LogP contribution in [0.4, 0.5) is 0 Å². The number of hydrogen-bond acceptors (Lipinski definition) is 4. The molecular formula is C18H20ClNO3. The number of oxime groups is 1. The number of phenolic OH excluding ortho intramolecular Hbond substituents is 2. The van der Waals surface area contributed by atoms with Gasteiger partial charge in [0.1, 0.15) is 17.6 Å². The first-order chi connectivity index (χ1) is 10.7. The highest BCUT2D eigenvalue weighted by Crippen LogP contribution is 2.22. The summed E-state index contributed by atoms with van der Waals surface area (Å²) in [5, 5.41) is 23.2. The van der Waals surface area contributed by atoms with Gasteiger partial charge in [0.05, 0.1) is 5.71 Å². The van der Waals surface area contributed by atoms with Crippen molar-refractivity contribution in [1.82, 2.24) is 0 Å². The Labute approximate surface area is 141 Å². The molecule has 1 heterocycles. The molecule has 2 aromatic rings. The smallest absolute Gasteiger partial charge is 0.136 e. The highest BCUT2D eigenvalue weighted by molar-refractivity contribution is 5.86. The van der Waals surface area contributed by atoms with Gasteiger partial charge in [0.2, 0.25) is 0 Å². The van der Waals surface area contributed by atoms with Crippen molar-refractivity contribution in [2.24, 2.45) is 5.16 Å². The number of hydrogen-bond donors (Lipinski definition) is 2. The van der Waals surface area contributed by atoms with Gasteiger partial charge < -0.3 is 15.1 Å². The number of phenols is 2. The zero-order chi connectivity index (χ0) is 15.4. The molecule has 0 aliphatic carbocycles. The third-order valence-electron chi connectivity index (χ3n) is 3.87. The molecule has 0 bridgehead atoms. The lowest BCUT2D eigenvalue weighted by atomic mass is 10.00. The molecule has 122 valence electrons. The van der Waals surface area contributed by atoms with E-state index >= 15 is 0 Å². The van der Waals surface area contributed by atoms with E-state index in [9.17, 15) is 10.2 Å². The van der Waals surface area contributed by atoms with Crippen molar-refractivity contribution in [2.45, 2.75) is 31.8 Å². The molecule has 1 aliphatic heterocycles. The summed E-state index contributed by atoms with van der Waals surface area (Å²) < 4.78 is 0. The Hall–Kier alpha value is -2.20. The number of aryl methyl sites for hydroxylation is 1. The van der Waals surface area contributed by atoms with Gasteiger partial charge in [0.15, 0.2) is 0 Å². The van der Waals surface area contributed by atoms with Gasteiger partial charge in [-0.1, -0.05) is 35.5 Å². The molecule has 0 saturated heterocycles. The van der Waals surface area contributed by atoms with Crippen LogP contribution in [0.15, 0.2) is 53.7 Å². The summed E-state index contributed by atoms with van der Waals surface area (Å²) in [6.07, 6.45) is 3.21. The van der Waals surface area contributed by atoms with Crippen molar-refractivity contribution >= 4 is 18.1 Å². The fourth-order valence-corrected chi connectivity index (χ4v) is 2.64. The number of benzene rings is 2. The van der Waals surface area contributed by atoms with Crippen LogP contribution in [0, 0.1) is 0 Å². The van der Waals surface area contributed by atoms with E-state index < -0.39 is 0 Å². The van der Waals surface area contributed by atoms with E-state index in [1.807, 2.05) is 30.3 Å². The molecule has 2 N–H and O–H groups in total. The Kier molecular flexibility index (Phi) is 5.88. The van der Waals surface area contributed by atoms with Crippen molar-refractivity contribution in [3.05, 3.63) is 59.7 Å². The zero-order valence-corrected chi connectivity index (χ0v) is 13.5. The Morgan fingerprint density at radius 2 is 1.74 bits per heavy atom. The largest absolute Gasteiger partial charge is 0.508 e. The standard InChI is InChI=1S/C18H19NO3.ClH/c20-16-9-5-13(6-10-16)11-17-12-15(19-22-17)8-7-14-3-1-2-4-18(14)21;/h1-6,9-10,17,20-21H,7-8,11-12H2;1H. The third kappa shape index (κ3) is 4.63. The second-order valence-electron chi connectivity index (χ2n) is 5.59. The van der Waals surface area contributed by atoms with Crippen LogP contribution in [0.3, 0.4) is 0 Å². The van der Waals surface area contributed by atoms with Crippen LogP contribution in [-0.4, -0.2) is 22.0 Å². The predicted molar refractivity (Wildman–Crippen MR) is 92.4 cm³/mol. The first kappa shape index (κ1) is 17.2. The molecule has 4 nitrogen and oxygen atoms in total. The molecule has 23 heavy (non-hydrogen) atoms. The fourth-order valence-electron chi connectivity index (χ4n) is 2.64. The molecule has 0 radical (unpaired) electrons.